The smallest absolute Gasteiger partial charge is 0.224 e. The summed E-state index contributed by atoms with van der Waals surface area (Å²) in [5, 5.41) is 12.2. The van der Waals surface area contributed by atoms with Gasteiger partial charge in [0.2, 0.25) is 11.7 Å². The number of pyridine rings is 1. The first-order valence-corrected chi connectivity index (χ1v) is 6.86. The summed E-state index contributed by atoms with van der Waals surface area (Å²) in [5.74, 6) is 0.636. The van der Waals surface area contributed by atoms with Crippen LogP contribution in [0.2, 0.25) is 0 Å². The van der Waals surface area contributed by atoms with Gasteiger partial charge in [0.05, 0.1) is 19.8 Å². The van der Waals surface area contributed by atoms with Crippen molar-refractivity contribution in [2.45, 2.75) is 13.0 Å². The van der Waals surface area contributed by atoms with Crippen LogP contribution in [0.25, 0.3) is 11.4 Å². The number of aromatic nitrogens is 5. The number of carbonyl (C=O) groups excluding carboxylic acids is 1. The molecule has 0 N–H and O–H groups in total. The number of hydrogen-bond donors (Lipinski definition) is 0. The van der Waals surface area contributed by atoms with Crippen LogP contribution in [-0.4, -0.2) is 62.3 Å². The summed E-state index contributed by atoms with van der Waals surface area (Å²) in [5.41, 5.74) is 0.857. The third-order valence-electron chi connectivity index (χ3n) is 3.28. The van der Waals surface area contributed by atoms with Gasteiger partial charge >= 0.3 is 0 Å². The molecule has 3 rings (SSSR count). The van der Waals surface area contributed by atoms with Gasteiger partial charge in [-0.15, -0.1) is 10.2 Å². The minimum Gasteiger partial charge on any atom is -0.378 e. The van der Waals surface area contributed by atoms with Crippen molar-refractivity contribution in [1.82, 2.24) is 30.1 Å². The first-order valence-electron chi connectivity index (χ1n) is 6.86. The molecule has 8 nitrogen and oxygen atoms in total. The average molecular weight is 288 g/mol. The predicted molar refractivity (Wildman–Crippen MR) is 73.1 cm³/mol. The Kier molecular flexibility index (Phi) is 4.15. The molecule has 21 heavy (non-hydrogen) atoms. The zero-order valence-electron chi connectivity index (χ0n) is 11.6. The number of aryl methyl sites for hydroxylation is 1. The Morgan fingerprint density at radius 2 is 2.00 bits per heavy atom. The lowest BCUT2D eigenvalue weighted by Crippen LogP contribution is -2.41. The Labute approximate surface area is 121 Å². The highest BCUT2D eigenvalue weighted by Gasteiger charge is 2.17. The molecule has 0 aliphatic carbocycles. The standard InChI is InChI=1S/C13H16N6O2/c20-12(18-7-9-21-10-8-18)3-6-19-16-13(15-17-19)11-1-4-14-5-2-11/h1-2,4-5H,3,6-10H2. The van der Waals surface area contributed by atoms with Crippen LogP contribution in [0, 0.1) is 0 Å². The number of ether oxygens (including phenoxy) is 1. The Bertz CT molecular complexity index is 594. The van der Waals surface area contributed by atoms with Crippen LogP contribution in [0.5, 0.6) is 0 Å². The average Bonchev–Trinajstić information content (AvgIpc) is 3.03. The normalized spacial score (nSPS) is 15.1. The van der Waals surface area contributed by atoms with Crippen LogP contribution in [0.15, 0.2) is 24.5 Å². The summed E-state index contributed by atoms with van der Waals surface area (Å²) in [6.07, 6.45) is 3.72. The molecule has 0 saturated carbocycles. The van der Waals surface area contributed by atoms with Crippen molar-refractivity contribution in [3.63, 3.8) is 0 Å². The van der Waals surface area contributed by atoms with Gasteiger partial charge < -0.3 is 9.64 Å². The van der Waals surface area contributed by atoms with E-state index in [1.807, 2.05) is 17.0 Å². The van der Waals surface area contributed by atoms with Crippen LogP contribution in [0.3, 0.4) is 0 Å². The molecule has 0 bridgehead atoms. The molecule has 1 fully saturated rings. The molecule has 2 aromatic heterocycles. The van der Waals surface area contributed by atoms with E-state index in [0.29, 0.717) is 45.1 Å². The third kappa shape index (κ3) is 3.40. The molecule has 2 aromatic rings. The van der Waals surface area contributed by atoms with Gasteiger partial charge in [-0.2, -0.15) is 4.80 Å². The molecule has 0 atom stereocenters. The second-order valence-electron chi connectivity index (χ2n) is 4.69. The van der Waals surface area contributed by atoms with Gasteiger partial charge in [0.1, 0.15) is 0 Å². The second-order valence-corrected chi connectivity index (χ2v) is 4.69. The molecule has 1 aliphatic heterocycles. The summed E-state index contributed by atoms with van der Waals surface area (Å²) in [6, 6.07) is 3.64. The van der Waals surface area contributed by atoms with Crippen LogP contribution < -0.4 is 0 Å². The SMILES string of the molecule is O=C(CCn1nnc(-c2ccncc2)n1)N1CCOCC1. The highest BCUT2D eigenvalue weighted by Crippen LogP contribution is 2.11. The number of tetrazole rings is 1. The lowest BCUT2D eigenvalue weighted by atomic mass is 10.3. The number of rotatable bonds is 4. The van der Waals surface area contributed by atoms with E-state index in [9.17, 15) is 4.79 Å². The minimum atomic E-state index is 0.0982. The van der Waals surface area contributed by atoms with E-state index in [0.717, 1.165) is 5.56 Å². The molecule has 8 heteroatoms. The van der Waals surface area contributed by atoms with E-state index in [1.165, 1.54) is 4.80 Å². The Morgan fingerprint density at radius 1 is 1.24 bits per heavy atom. The molecular formula is C13H16N6O2. The van der Waals surface area contributed by atoms with Crippen molar-refractivity contribution in [3.05, 3.63) is 24.5 Å². The third-order valence-corrected chi connectivity index (χ3v) is 3.28. The predicted octanol–water partition coefficient (Wildman–Crippen LogP) is -0.0160. The molecule has 3 heterocycles. The Hall–Kier alpha value is -2.35. The molecule has 0 radical (unpaired) electrons. The zero-order valence-corrected chi connectivity index (χ0v) is 11.6. The van der Waals surface area contributed by atoms with Gasteiger partial charge in [0.15, 0.2) is 0 Å². The molecule has 1 saturated heterocycles. The van der Waals surface area contributed by atoms with Gasteiger partial charge in [-0.25, -0.2) is 0 Å². The topological polar surface area (TPSA) is 86.0 Å². The minimum absolute atomic E-state index is 0.0982. The zero-order chi connectivity index (χ0) is 14.5. The van der Waals surface area contributed by atoms with Crippen LogP contribution in [0.4, 0.5) is 0 Å². The van der Waals surface area contributed by atoms with Crippen molar-refractivity contribution in [2.24, 2.45) is 0 Å². The first-order chi connectivity index (χ1) is 10.3. The maximum atomic E-state index is 12.0. The van der Waals surface area contributed by atoms with E-state index in [1.54, 1.807) is 12.4 Å². The fourth-order valence-corrected chi connectivity index (χ4v) is 2.12. The van der Waals surface area contributed by atoms with Crippen LogP contribution >= 0.6 is 0 Å². The van der Waals surface area contributed by atoms with Gasteiger partial charge in [-0.05, 0) is 17.3 Å². The maximum absolute atomic E-state index is 12.0. The fraction of sp³-hybridized carbons (Fsp3) is 0.462. The Balaban J connectivity index is 1.56. The number of amides is 1. The van der Waals surface area contributed by atoms with E-state index >= 15 is 0 Å². The van der Waals surface area contributed by atoms with E-state index in [-0.39, 0.29) is 5.91 Å². The molecular weight excluding hydrogens is 272 g/mol. The molecule has 1 amide bonds. The van der Waals surface area contributed by atoms with E-state index in [4.69, 9.17) is 4.74 Å². The van der Waals surface area contributed by atoms with Crippen LogP contribution in [-0.2, 0) is 16.1 Å². The van der Waals surface area contributed by atoms with Crippen LogP contribution in [0.1, 0.15) is 6.42 Å². The quantitative estimate of drug-likeness (QED) is 0.786. The fourth-order valence-electron chi connectivity index (χ4n) is 2.12. The lowest BCUT2D eigenvalue weighted by molar-refractivity contribution is -0.135. The summed E-state index contributed by atoms with van der Waals surface area (Å²) in [7, 11) is 0. The molecule has 0 spiro atoms. The highest BCUT2D eigenvalue weighted by atomic mass is 16.5. The Morgan fingerprint density at radius 3 is 2.76 bits per heavy atom. The monoisotopic (exact) mass is 288 g/mol. The summed E-state index contributed by atoms with van der Waals surface area (Å²) in [4.78, 5) is 19.2. The van der Waals surface area contributed by atoms with Crippen molar-refractivity contribution >= 4 is 5.91 Å². The summed E-state index contributed by atoms with van der Waals surface area (Å²) in [6.45, 7) is 2.96. The van der Waals surface area contributed by atoms with Crippen molar-refractivity contribution < 1.29 is 9.53 Å². The van der Waals surface area contributed by atoms with E-state index in [2.05, 4.69) is 20.4 Å². The molecule has 0 aromatic carbocycles. The maximum Gasteiger partial charge on any atom is 0.224 e. The molecule has 0 unspecified atom stereocenters. The van der Waals surface area contributed by atoms with Gasteiger partial charge in [-0.1, -0.05) is 0 Å². The molecule has 1 aliphatic rings. The number of carbonyl (C=O) groups is 1. The summed E-state index contributed by atoms with van der Waals surface area (Å²) < 4.78 is 5.23. The van der Waals surface area contributed by atoms with Gasteiger partial charge in [0, 0.05) is 37.5 Å². The number of hydrogen-bond acceptors (Lipinski definition) is 6. The van der Waals surface area contributed by atoms with Gasteiger partial charge in [-0.3, -0.25) is 9.78 Å². The second kappa shape index (κ2) is 6.40. The van der Waals surface area contributed by atoms with Crippen molar-refractivity contribution in [2.75, 3.05) is 26.3 Å². The number of morpholine rings is 1. The first kappa shape index (κ1) is 13.6. The van der Waals surface area contributed by atoms with E-state index < -0.39 is 0 Å². The lowest BCUT2D eigenvalue weighted by Gasteiger charge is -2.26. The molecule has 110 valence electrons. The number of nitrogens with zero attached hydrogens (tertiary/aromatic N) is 6. The van der Waals surface area contributed by atoms with Crippen molar-refractivity contribution in [1.29, 1.82) is 0 Å². The largest absolute Gasteiger partial charge is 0.378 e. The highest BCUT2D eigenvalue weighted by molar-refractivity contribution is 5.76. The van der Waals surface area contributed by atoms with Gasteiger partial charge in [0.25, 0.3) is 0 Å². The van der Waals surface area contributed by atoms with Crippen molar-refractivity contribution in [3.8, 4) is 11.4 Å². The summed E-state index contributed by atoms with van der Waals surface area (Å²) >= 11 is 0.